The molecule has 0 saturated heterocycles. The van der Waals surface area contributed by atoms with E-state index in [1.807, 2.05) is 43.3 Å². The van der Waals surface area contributed by atoms with Crippen LogP contribution in [-0.2, 0) is 11.2 Å². The first-order valence-electron chi connectivity index (χ1n) is 5.34. The van der Waals surface area contributed by atoms with Crippen molar-refractivity contribution in [3.63, 3.8) is 0 Å². The molecule has 0 fully saturated rings. The van der Waals surface area contributed by atoms with Crippen LogP contribution in [0.15, 0.2) is 47.1 Å². The highest BCUT2D eigenvalue weighted by Gasteiger charge is 2.12. The molecular formula is C14H14O2. The summed E-state index contributed by atoms with van der Waals surface area (Å²) in [4.78, 5) is 11.1. The Morgan fingerprint density at radius 2 is 2.19 bits per heavy atom. The summed E-state index contributed by atoms with van der Waals surface area (Å²) in [6.07, 6.45) is 3.24. The monoisotopic (exact) mass is 214 g/mol. The Labute approximate surface area is 94.9 Å². The zero-order valence-electron chi connectivity index (χ0n) is 9.22. The van der Waals surface area contributed by atoms with E-state index in [0.29, 0.717) is 6.42 Å². The maximum absolute atomic E-state index is 11.1. The number of carbonyl (C=O) groups is 1. The van der Waals surface area contributed by atoms with Gasteiger partial charge in [0.25, 0.3) is 0 Å². The van der Waals surface area contributed by atoms with Crippen LogP contribution in [0.1, 0.15) is 22.8 Å². The number of carbonyl (C=O) groups excluding carboxylic acids is 1. The van der Waals surface area contributed by atoms with Crippen molar-refractivity contribution in [1.29, 1.82) is 0 Å². The Bertz CT molecular complexity index is 457. The Balaban J connectivity index is 2.19. The van der Waals surface area contributed by atoms with E-state index < -0.39 is 0 Å². The SMILES string of the molecule is Cc1cccc(C(C=O)Cc2ccco2)c1. The average Bonchev–Trinajstić information content (AvgIpc) is 2.78. The zero-order valence-corrected chi connectivity index (χ0v) is 9.22. The molecule has 2 aromatic rings. The summed E-state index contributed by atoms with van der Waals surface area (Å²) in [5, 5.41) is 0. The van der Waals surface area contributed by atoms with Crippen molar-refractivity contribution in [3.8, 4) is 0 Å². The first-order valence-corrected chi connectivity index (χ1v) is 5.34. The molecule has 82 valence electrons. The van der Waals surface area contributed by atoms with Crippen LogP contribution < -0.4 is 0 Å². The summed E-state index contributed by atoms with van der Waals surface area (Å²) in [5.41, 5.74) is 2.22. The molecule has 2 nitrogen and oxygen atoms in total. The lowest BCUT2D eigenvalue weighted by atomic mass is 9.95. The van der Waals surface area contributed by atoms with Gasteiger partial charge in [-0.3, -0.25) is 0 Å². The molecule has 0 N–H and O–H groups in total. The predicted molar refractivity (Wildman–Crippen MR) is 62.4 cm³/mol. The summed E-state index contributed by atoms with van der Waals surface area (Å²) in [5.74, 6) is 0.727. The van der Waals surface area contributed by atoms with E-state index in [1.165, 1.54) is 5.56 Å². The number of hydrogen-bond donors (Lipinski definition) is 0. The van der Waals surface area contributed by atoms with Crippen LogP contribution in [0.5, 0.6) is 0 Å². The van der Waals surface area contributed by atoms with Crippen LogP contribution in [0.4, 0.5) is 0 Å². The first-order chi connectivity index (χ1) is 7.79. The van der Waals surface area contributed by atoms with Crippen molar-refractivity contribution in [2.45, 2.75) is 19.3 Å². The smallest absolute Gasteiger partial charge is 0.127 e. The van der Waals surface area contributed by atoms with E-state index in [1.54, 1.807) is 6.26 Å². The van der Waals surface area contributed by atoms with Gasteiger partial charge in [0.1, 0.15) is 12.0 Å². The van der Waals surface area contributed by atoms with E-state index in [0.717, 1.165) is 17.6 Å². The summed E-state index contributed by atoms with van der Waals surface area (Å²) in [6.45, 7) is 2.03. The molecule has 1 unspecified atom stereocenters. The highest BCUT2D eigenvalue weighted by Crippen LogP contribution is 2.20. The lowest BCUT2D eigenvalue weighted by molar-refractivity contribution is -0.109. The maximum Gasteiger partial charge on any atom is 0.127 e. The number of rotatable bonds is 4. The minimum Gasteiger partial charge on any atom is -0.469 e. The Kier molecular flexibility index (Phi) is 3.20. The third-order valence-electron chi connectivity index (χ3n) is 2.64. The van der Waals surface area contributed by atoms with Crippen molar-refractivity contribution in [2.75, 3.05) is 0 Å². The minimum absolute atomic E-state index is 0.119. The fourth-order valence-electron chi connectivity index (χ4n) is 1.79. The molecule has 1 aromatic carbocycles. The van der Waals surface area contributed by atoms with Crippen LogP contribution >= 0.6 is 0 Å². The highest BCUT2D eigenvalue weighted by atomic mass is 16.3. The second-order valence-electron chi connectivity index (χ2n) is 3.94. The van der Waals surface area contributed by atoms with Crippen LogP contribution in [0.2, 0.25) is 0 Å². The number of aryl methyl sites for hydroxylation is 1. The number of hydrogen-bond acceptors (Lipinski definition) is 2. The second kappa shape index (κ2) is 4.79. The largest absolute Gasteiger partial charge is 0.469 e. The van der Waals surface area contributed by atoms with E-state index >= 15 is 0 Å². The van der Waals surface area contributed by atoms with E-state index in [2.05, 4.69) is 0 Å². The zero-order chi connectivity index (χ0) is 11.4. The third kappa shape index (κ3) is 2.40. The first kappa shape index (κ1) is 10.7. The molecule has 2 rings (SSSR count). The quantitative estimate of drug-likeness (QED) is 0.732. The molecule has 16 heavy (non-hydrogen) atoms. The third-order valence-corrected chi connectivity index (χ3v) is 2.64. The number of aldehydes is 1. The number of benzene rings is 1. The fourth-order valence-corrected chi connectivity index (χ4v) is 1.79. The van der Waals surface area contributed by atoms with Gasteiger partial charge < -0.3 is 9.21 Å². The molecule has 1 aromatic heterocycles. The molecule has 0 saturated carbocycles. The predicted octanol–water partition coefficient (Wildman–Crippen LogP) is 3.11. The van der Waals surface area contributed by atoms with E-state index in [4.69, 9.17) is 4.42 Å². The van der Waals surface area contributed by atoms with Crippen LogP contribution in [0.3, 0.4) is 0 Å². The topological polar surface area (TPSA) is 30.2 Å². The van der Waals surface area contributed by atoms with E-state index in [9.17, 15) is 4.79 Å². The average molecular weight is 214 g/mol. The van der Waals surface area contributed by atoms with Crippen molar-refractivity contribution in [3.05, 3.63) is 59.5 Å². The Hall–Kier alpha value is -1.83. The van der Waals surface area contributed by atoms with Gasteiger partial charge in [0, 0.05) is 12.3 Å². The minimum atomic E-state index is -0.119. The maximum atomic E-state index is 11.1. The second-order valence-corrected chi connectivity index (χ2v) is 3.94. The van der Waals surface area contributed by atoms with Crippen molar-refractivity contribution in [1.82, 2.24) is 0 Å². The normalized spacial score (nSPS) is 12.3. The highest BCUT2D eigenvalue weighted by molar-refractivity contribution is 5.62. The lowest BCUT2D eigenvalue weighted by Crippen LogP contribution is -2.03. The molecule has 0 radical (unpaired) electrons. The molecular weight excluding hydrogens is 200 g/mol. The number of furan rings is 1. The van der Waals surface area contributed by atoms with Crippen molar-refractivity contribution >= 4 is 6.29 Å². The van der Waals surface area contributed by atoms with Gasteiger partial charge in [0.2, 0.25) is 0 Å². The Morgan fingerprint density at radius 1 is 1.31 bits per heavy atom. The fraction of sp³-hybridized carbons (Fsp3) is 0.214. The van der Waals surface area contributed by atoms with Crippen LogP contribution in [-0.4, -0.2) is 6.29 Å². The molecule has 0 aliphatic rings. The van der Waals surface area contributed by atoms with Gasteiger partial charge in [0.05, 0.1) is 6.26 Å². The van der Waals surface area contributed by atoms with Gasteiger partial charge in [-0.25, -0.2) is 0 Å². The van der Waals surface area contributed by atoms with Gasteiger partial charge in [-0.1, -0.05) is 29.8 Å². The summed E-state index contributed by atoms with van der Waals surface area (Å²) < 4.78 is 5.26. The molecule has 0 aliphatic heterocycles. The van der Waals surface area contributed by atoms with Gasteiger partial charge in [-0.05, 0) is 24.6 Å². The molecule has 1 atom stereocenters. The Morgan fingerprint density at radius 3 is 2.81 bits per heavy atom. The van der Waals surface area contributed by atoms with Gasteiger partial charge >= 0.3 is 0 Å². The molecule has 0 amide bonds. The van der Waals surface area contributed by atoms with Gasteiger partial charge in [-0.15, -0.1) is 0 Å². The molecule has 0 spiro atoms. The summed E-state index contributed by atoms with van der Waals surface area (Å²) in [7, 11) is 0. The molecule has 1 heterocycles. The molecule has 2 heteroatoms. The molecule has 0 bridgehead atoms. The van der Waals surface area contributed by atoms with Crippen molar-refractivity contribution in [2.24, 2.45) is 0 Å². The van der Waals surface area contributed by atoms with Crippen LogP contribution in [0.25, 0.3) is 0 Å². The van der Waals surface area contributed by atoms with E-state index in [-0.39, 0.29) is 5.92 Å². The van der Waals surface area contributed by atoms with Crippen molar-refractivity contribution < 1.29 is 9.21 Å². The van der Waals surface area contributed by atoms with Crippen LogP contribution in [0, 0.1) is 6.92 Å². The molecule has 0 aliphatic carbocycles. The van der Waals surface area contributed by atoms with Gasteiger partial charge in [-0.2, -0.15) is 0 Å². The summed E-state index contributed by atoms with van der Waals surface area (Å²) in [6, 6.07) is 11.8. The standard InChI is InChI=1S/C14H14O2/c1-11-4-2-5-12(8-11)13(10-15)9-14-6-3-7-16-14/h2-8,10,13H,9H2,1H3. The lowest BCUT2D eigenvalue weighted by Gasteiger charge is -2.09. The van der Waals surface area contributed by atoms with Gasteiger partial charge in [0.15, 0.2) is 0 Å². The summed E-state index contributed by atoms with van der Waals surface area (Å²) >= 11 is 0.